The Morgan fingerprint density at radius 3 is 2.80 bits per heavy atom. The van der Waals surface area contributed by atoms with Gasteiger partial charge >= 0.3 is 0 Å². The molecule has 1 aliphatic heterocycles. The van der Waals surface area contributed by atoms with Crippen LogP contribution >= 0.6 is 11.3 Å². The zero-order valence-corrected chi connectivity index (χ0v) is 18.1. The first kappa shape index (κ1) is 20.3. The van der Waals surface area contributed by atoms with Crippen LogP contribution < -0.4 is 10.5 Å². The molecule has 0 aliphatic carbocycles. The fourth-order valence-corrected chi connectivity index (χ4v) is 4.68. The van der Waals surface area contributed by atoms with Gasteiger partial charge in [0, 0.05) is 23.2 Å². The lowest BCUT2D eigenvalue weighted by atomic mass is 10.00. The minimum atomic E-state index is -0.296. The molecule has 30 heavy (non-hydrogen) atoms. The number of carbonyl (C=O) groups excluding carboxylic acids is 1. The molecule has 2 aromatic carbocycles. The normalized spacial score (nSPS) is 13.5. The average Bonchev–Trinajstić information content (AvgIpc) is 2.94. The van der Waals surface area contributed by atoms with Crippen molar-refractivity contribution in [3.8, 4) is 16.2 Å². The molecule has 0 saturated heterocycles. The van der Waals surface area contributed by atoms with E-state index in [0.717, 1.165) is 27.4 Å². The van der Waals surface area contributed by atoms with Crippen molar-refractivity contribution < 1.29 is 13.9 Å². The first-order valence-electron chi connectivity index (χ1n) is 9.95. The minimum absolute atomic E-state index is 0.175. The lowest BCUT2D eigenvalue weighted by Gasteiger charge is -2.22. The Balaban J connectivity index is 1.68. The Kier molecular flexibility index (Phi) is 5.47. The van der Waals surface area contributed by atoms with E-state index in [9.17, 15) is 9.18 Å². The van der Waals surface area contributed by atoms with E-state index < -0.39 is 0 Å². The number of benzene rings is 2. The second-order valence-electron chi connectivity index (χ2n) is 7.44. The molecule has 1 aliphatic rings. The Hall–Kier alpha value is -2.93. The third kappa shape index (κ3) is 3.65. The van der Waals surface area contributed by atoms with E-state index in [4.69, 9.17) is 10.5 Å². The van der Waals surface area contributed by atoms with Crippen molar-refractivity contribution in [1.29, 1.82) is 0 Å². The third-order valence-corrected chi connectivity index (χ3v) is 6.46. The summed E-state index contributed by atoms with van der Waals surface area (Å²) in [5.41, 5.74) is 10.1. The summed E-state index contributed by atoms with van der Waals surface area (Å²) in [6, 6.07) is 9.33. The third-order valence-electron chi connectivity index (χ3n) is 5.42. The number of anilines is 1. The lowest BCUT2D eigenvalue weighted by molar-refractivity contribution is 0.0731. The summed E-state index contributed by atoms with van der Waals surface area (Å²) >= 11 is 1.44. The molecule has 156 valence electrons. The molecule has 0 unspecified atom stereocenters. The zero-order chi connectivity index (χ0) is 21.4. The molecule has 0 atom stereocenters. The standard InChI is InChI=1S/C23H24FN3O2S/c1-4-17-18(7-5-13(2)20(17)24)22(28)27-9-10-29-19-8-6-15(11-16(19)12-27)21-14(3)26-23(25)30-21/h5-8,11H,4,9-10,12H2,1-3H3,(H2,25,26). The first-order chi connectivity index (χ1) is 14.4. The Morgan fingerprint density at radius 2 is 2.10 bits per heavy atom. The van der Waals surface area contributed by atoms with Gasteiger partial charge in [0.15, 0.2) is 5.13 Å². The van der Waals surface area contributed by atoms with E-state index in [0.29, 0.717) is 47.9 Å². The molecule has 7 heteroatoms. The van der Waals surface area contributed by atoms with Crippen molar-refractivity contribution in [3.63, 3.8) is 0 Å². The quantitative estimate of drug-likeness (QED) is 0.658. The van der Waals surface area contributed by atoms with Crippen molar-refractivity contribution in [2.24, 2.45) is 0 Å². The van der Waals surface area contributed by atoms with Crippen LogP contribution in [0.1, 0.15) is 39.7 Å². The van der Waals surface area contributed by atoms with Crippen LogP contribution in [0, 0.1) is 19.7 Å². The maximum Gasteiger partial charge on any atom is 0.254 e. The van der Waals surface area contributed by atoms with Crippen LogP contribution in [0.3, 0.4) is 0 Å². The number of ether oxygens (including phenoxy) is 1. The number of carbonyl (C=O) groups is 1. The number of nitrogens with two attached hydrogens (primary N) is 1. The zero-order valence-electron chi connectivity index (χ0n) is 17.3. The molecule has 0 radical (unpaired) electrons. The van der Waals surface area contributed by atoms with Gasteiger partial charge in [-0.1, -0.05) is 24.3 Å². The van der Waals surface area contributed by atoms with Crippen LogP contribution in [-0.4, -0.2) is 28.9 Å². The highest BCUT2D eigenvalue weighted by atomic mass is 32.1. The van der Waals surface area contributed by atoms with E-state index in [1.54, 1.807) is 24.0 Å². The number of nitrogen functional groups attached to an aromatic ring is 1. The minimum Gasteiger partial charge on any atom is -0.491 e. The topological polar surface area (TPSA) is 68.5 Å². The van der Waals surface area contributed by atoms with Gasteiger partial charge < -0.3 is 15.4 Å². The Bertz CT molecular complexity index is 1130. The molecule has 1 aromatic heterocycles. The molecule has 0 fully saturated rings. The molecule has 4 rings (SSSR count). The lowest BCUT2D eigenvalue weighted by Crippen LogP contribution is -2.33. The number of hydrogen-bond donors (Lipinski definition) is 1. The highest BCUT2D eigenvalue weighted by Crippen LogP contribution is 2.35. The van der Waals surface area contributed by atoms with Gasteiger partial charge in [-0.2, -0.15) is 0 Å². The maximum absolute atomic E-state index is 14.6. The molecule has 2 N–H and O–H groups in total. The predicted octanol–water partition coefficient (Wildman–Crippen LogP) is 4.75. The smallest absolute Gasteiger partial charge is 0.254 e. The Morgan fingerprint density at radius 1 is 1.30 bits per heavy atom. The number of aromatic nitrogens is 1. The second kappa shape index (κ2) is 8.07. The van der Waals surface area contributed by atoms with Gasteiger partial charge in [-0.25, -0.2) is 9.37 Å². The van der Waals surface area contributed by atoms with E-state index in [-0.39, 0.29) is 11.7 Å². The van der Waals surface area contributed by atoms with Crippen LogP contribution in [0.2, 0.25) is 0 Å². The van der Waals surface area contributed by atoms with Gasteiger partial charge in [0.25, 0.3) is 5.91 Å². The van der Waals surface area contributed by atoms with Crippen molar-refractivity contribution in [1.82, 2.24) is 9.88 Å². The number of aryl methyl sites for hydroxylation is 2. The van der Waals surface area contributed by atoms with Crippen molar-refractivity contribution in [2.45, 2.75) is 33.7 Å². The van der Waals surface area contributed by atoms with Crippen molar-refractivity contribution in [3.05, 3.63) is 64.1 Å². The monoisotopic (exact) mass is 425 g/mol. The van der Waals surface area contributed by atoms with Crippen LogP contribution in [0.15, 0.2) is 30.3 Å². The first-order valence-corrected chi connectivity index (χ1v) is 10.8. The van der Waals surface area contributed by atoms with Gasteiger partial charge in [0.05, 0.1) is 17.1 Å². The van der Waals surface area contributed by atoms with Gasteiger partial charge in [-0.3, -0.25) is 4.79 Å². The van der Waals surface area contributed by atoms with E-state index in [2.05, 4.69) is 4.98 Å². The van der Waals surface area contributed by atoms with E-state index >= 15 is 0 Å². The molecule has 0 bridgehead atoms. The number of thiazole rings is 1. The number of nitrogens with zero attached hydrogens (tertiary/aromatic N) is 2. The van der Waals surface area contributed by atoms with E-state index in [1.807, 2.05) is 32.0 Å². The summed E-state index contributed by atoms with van der Waals surface area (Å²) in [7, 11) is 0. The van der Waals surface area contributed by atoms with Crippen LogP contribution in [-0.2, 0) is 13.0 Å². The molecule has 5 nitrogen and oxygen atoms in total. The van der Waals surface area contributed by atoms with Crippen LogP contribution in [0.5, 0.6) is 5.75 Å². The fourth-order valence-electron chi connectivity index (χ4n) is 3.85. The summed E-state index contributed by atoms with van der Waals surface area (Å²) in [5, 5.41) is 0.527. The number of halogens is 1. The summed E-state index contributed by atoms with van der Waals surface area (Å²) in [5.74, 6) is 0.288. The second-order valence-corrected chi connectivity index (χ2v) is 8.47. The number of rotatable bonds is 3. The molecular formula is C23H24FN3O2S. The fraction of sp³-hybridized carbons (Fsp3) is 0.304. The predicted molar refractivity (Wildman–Crippen MR) is 117 cm³/mol. The summed E-state index contributed by atoms with van der Waals surface area (Å²) in [6.07, 6.45) is 0.464. The van der Waals surface area contributed by atoms with Crippen LogP contribution in [0.4, 0.5) is 9.52 Å². The van der Waals surface area contributed by atoms with Crippen molar-refractivity contribution in [2.75, 3.05) is 18.9 Å². The molecular weight excluding hydrogens is 401 g/mol. The van der Waals surface area contributed by atoms with Gasteiger partial charge in [0.2, 0.25) is 0 Å². The van der Waals surface area contributed by atoms with Crippen molar-refractivity contribution >= 4 is 22.4 Å². The summed E-state index contributed by atoms with van der Waals surface area (Å²) < 4.78 is 20.5. The highest BCUT2D eigenvalue weighted by Gasteiger charge is 2.25. The molecule has 0 spiro atoms. The molecule has 0 saturated carbocycles. The van der Waals surface area contributed by atoms with Gasteiger partial charge in [-0.15, -0.1) is 0 Å². The summed E-state index contributed by atoms with van der Waals surface area (Å²) in [4.78, 5) is 20.3. The van der Waals surface area contributed by atoms with Gasteiger partial charge in [-0.05, 0) is 55.7 Å². The number of hydrogen-bond acceptors (Lipinski definition) is 5. The molecule has 2 heterocycles. The number of fused-ring (bicyclic) bond motifs is 1. The Labute approximate surface area is 179 Å². The van der Waals surface area contributed by atoms with E-state index in [1.165, 1.54) is 11.3 Å². The maximum atomic E-state index is 14.6. The van der Waals surface area contributed by atoms with Crippen LogP contribution in [0.25, 0.3) is 10.4 Å². The largest absolute Gasteiger partial charge is 0.491 e. The average molecular weight is 426 g/mol. The molecule has 3 aromatic rings. The van der Waals surface area contributed by atoms with Gasteiger partial charge in [0.1, 0.15) is 18.2 Å². The SMILES string of the molecule is CCc1c(C(=O)N2CCOc3ccc(-c4sc(N)nc4C)cc3C2)ccc(C)c1F. The highest BCUT2D eigenvalue weighted by molar-refractivity contribution is 7.18. The molecule has 1 amide bonds. The number of amides is 1. The summed E-state index contributed by atoms with van der Waals surface area (Å²) in [6.45, 7) is 6.74.